The Labute approximate surface area is 213 Å². The second kappa shape index (κ2) is 8.50. The molecule has 5 rings (SSSR count). The van der Waals surface area contributed by atoms with Crippen LogP contribution in [-0.4, -0.2) is 61.0 Å². The van der Waals surface area contributed by atoms with E-state index in [0.29, 0.717) is 0 Å². The number of nitro benzene ring substituents is 1. The molecule has 38 heavy (non-hydrogen) atoms. The van der Waals surface area contributed by atoms with Gasteiger partial charge in [0.15, 0.2) is 34.7 Å². The van der Waals surface area contributed by atoms with Crippen LogP contribution in [0.4, 0.5) is 5.69 Å². The molecule has 1 amide bonds. The molecule has 0 aliphatic heterocycles. The Morgan fingerprint density at radius 2 is 1.79 bits per heavy atom. The Balaban J connectivity index is 1.75. The molecule has 2 aromatic carbocycles. The lowest BCUT2D eigenvalue weighted by molar-refractivity contribution is -0.384. The molecule has 5 N–H and O–H groups in total. The van der Waals surface area contributed by atoms with Crippen LogP contribution in [-0.2, 0) is 19.2 Å². The van der Waals surface area contributed by atoms with E-state index in [1.165, 1.54) is 48.5 Å². The number of benzene rings is 2. The molecule has 0 bridgehead atoms. The van der Waals surface area contributed by atoms with E-state index in [2.05, 4.69) is 0 Å². The minimum absolute atomic E-state index is 0.126. The van der Waals surface area contributed by atoms with Crippen LogP contribution < -0.4 is 5.73 Å². The topological polar surface area (TPSA) is 215 Å². The maximum absolute atomic E-state index is 13.8. The zero-order valence-electron chi connectivity index (χ0n) is 19.4. The van der Waals surface area contributed by atoms with Gasteiger partial charge in [-0.2, -0.15) is 0 Å². The fraction of sp³-hybridized carbons (Fsp3) is 0.269. The van der Waals surface area contributed by atoms with Crippen molar-refractivity contribution in [1.29, 1.82) is 0 Å². The van der Waals surface area contributed by atoms with Crippen molar-refractivity contribution in [2.75, 3.05) is 0 Å². The number of aromatic hydroxyl groups is 1. The Bertz CT molecular complexity index is 1510. The van der Waals surface area contributed by atoms with Crippen molar-refractivity contribution in [3.63, 3.8) is 0 Å². The molecule has 2 fully saturated rings. The fourth-order valence-electron chi connectivity index (χ4n) is 5.94. The van der Waals surface area contributed by atoms with Gasteiger partial charge in [-0.15, -0.1) is 0 Å². The summed E-state index contributed by atoms with van der Waals surface area (Å²) in [6.45, 7) is 0. The van der Waals surface area contributed by atoms with Gasteiger partial charge in [-0.05, 0) is 22.8 Å². The summed E-state index contributed by atoms with van der Waals surface area (Å²) in [7, 11) is 0. The van der Waals surface area contributed by atoms with Crippen LogP contribution in [0.5, 0.6) is 5.75 Å². The molecule has 3 aliphatic rings. The van der Waals surface area contributed by atoms with Crippen LogP contribution in [0.2, 0.25) is 0 Å². The van der Waals surface area contributed by atoms with Crippen molar-refractivity contribution in [2.24, 2.45) is 29.4 Å². The van der Waals surface area contributed by atoms with Crippen molar-refractivity contribution in [2.45, 2.75) is 18.1 Å². The minimum Gasteiger partial charge on any atom is -0.507 e. The van der Waals surface area contributed by atoms with E-state index in [1.807, 2.05) is 0 Å². The van der Waals surface area contributed by atoms with Gasteiger partial charge in [0, 0.05) is 30.4 Å². The van der Waals surface area contributed by atoms with E-state index < -0.39 is 81.5 Å². The lowest BCUT2D eigenvalue weighted by Crippen LogP contribution is -2.72. The predicted octanol–water partition coefficient (Wildman–Crippen LogP) is 0.204. The van der Waals surface area contributed by atoms with Crippen LogP contribution >= 0.6 is 0 Å². The Hall–Kier alpha value is -4.55. The van der Waals surface area contributed by atoms with Crippen molar-refractivity contribution in [3.05, 3.63) is 69.3 Å². The molecule has 6 atom stereocenters. The average Bonchev–Trinajstić information content (AvgIpc) is 2.86. The Morgan fingerprint density at radius 3 is 2.45 bits per heavy atom. The summed E-state index contributed by atoms with van der Waals surface area (Å²) in [5.74, 6) is -13.7. The maximum Gasteiger partial charge on any atom is 0.270 e. The number of Topliss-reactive ketones (excluding diaryl/α,β-unsaturated/α-hetero) is 4. The van der Waals surface area contributed by atoms with E-state index >= 15 is 0 Å². The number of nitro groups is 1. The maximum atomic E-state index is 13.8. The normalized spacial score (nSPS) is 31.4. The lowest BCUT2D eigenvalue weighted by Gasteiger charge is -2.51. The van der Waals surface area contributed by atoms with E-state index in [9.17, 15) is 49.4 Å². The quantitative estimate of drug-likeness (QED) is 0.245. The zero-order valence-corrected chi connectivity index (χ0v) is 19.4. The van der Waals surface area contributed by atoms with Crippen molar-refractivity contribution in [1.82, 2.24) is 0 Å². The van der Waals surface area contributed by atoms with Crippen LogP contribution in [0, 0.1) is 33.8 Å². The number of phenolic OH excluding ortho intramolecular Hbond substituents is 1. The average molecular weight is 520 g/mol. The fourth-order valence-corrected chi connectivity index (χ4v) is 5.94. The zero-order chi connectivity index (χ0) is 27.7. The summed E-state index contributed by atoms with van der Waals surface area (Å²) in [5, 5.41) is 44.6. The molecular weight excluding hydrogens is 500 g/mol. The molecule has 2 aromatic rings. The predicted molar refractivity (Wildman–Crippen MR) is 127 cm³/mol. The third-order valence-corrected chi connectivity index (χ3v) is 7.64. The molecule has 3 aliphatic carbocycles. The first-order chi connectivity index (χ1) is 17.9. The number of aliphatic hydroxyl groups is 2. The Kier molecular flexibility index (Phi) is 5.62. The van der Waals surface area contributed by atoms with Gasteiger partial charge in [0.25, 0.3) is 5.69 Å². The summed E-state index contributed by atoms with van der Waals surface area (Å²) in [5.41, 5.74) is 2.07. The highest BCUT2D eigenvalue weighted by molar-refractivity contribution is 6.32. The molecular formula is C26H20N2O10. The monoisotopic (exact) mass is 520 g/mol. The van der Waals surface area contributed by atoms with Crippen LogP contribution in [0.15, 0.2) is 42.5 Å². The van der Waals surface area contributed by atoms with Gasteiger partial charge in [0.1, 0.15) is 5.75 Å². The van der Waals surface area contributed by atoms with Crippen LogP contribution in [0.3, 0.4) is 0 Å². The number of primary amides is 1. The van der Waals surface area contributed by atoms with Crippen molar-refractivity contribution >= 4 is 46.4 Å². The molecule has 0 heterocycles. The van der Waals surface area contributed by atoms with Crippen LogP contribution in [0.25, 0.3) is 11.6 Å². The molecule has 12 heteroatoms. The van der Waals surface area contributed by atoms with E-state index in [-0.39, 0.29) is 28.0 Å². The summed E-state index contributed by atoms with van der Waals surface area (Å²) in [4.78, 5) is 75.5. The van der Waals surface area contributed by atoms with Crippen molar-refractivity contribution in [3.8, 4) is 5.75 Å². The SMILES string of the molecule is NC(=O)C1C(=O)CC2C(O)C3C(=Cc4cccc([N+](=O)[O-])c4)c4cccc(O)c4C(=O)C3C(=O)C2(O)C1=O. The number of amides is 1. The molecule has 2 saturated carbocycles. The molecule has 6 unspecified atom stereocenters. The summed E-state index contributed by atoms with van der Waals surface area (Å²) >= 11 is 0. The number of nitrogens with zero attached hydrogens (tertiary/aromatic N) is 1. The van der Waals surface area contributed by atoms with Gasteiger partial charge in [-0.25, -0.2) is 0 Å². The first-order valence-electron chi connectivity index (χ1n) is 11.5. The number of aliphatic hydroxyl groups excluding tert-OH is 1. The summed E-state index contributed by atoms with van der Waals surface area (Å²) < 4.78 is 0. The second-order valence-corrected chi connectivity index (χ2v) is 9.62. The van der Waals surface area contributed by atoms with E-state index in [1.54, 1.807) is 0 Å². The summed E-state index contributed by atoms with van der Waals surface area (Å²) in [6.07, 6.45) is -1.15. The van der Waals surface area contributed by atoms with Gasteiger partial charge in [-0.3, -0.25) is 34.1 Å². The highest BCUT2D eigenvalue weighted by Gasteiger charge is 2.69. The molecule has 194 valence electrons. The van der Waals surface area contributed by atoms with Gasteiger partial charge in [0.05, 0.1) is 22.5 Å². The van der Waals surface area contributed by atoms with Gasteiger partial charge >= 0.3 is 0 Å². The summed E-state index contributed by atoms with van der Waals surface area (Å²) in [6, 6.07) is 9.44. The molecule has 0 spiro atoms. The van der Waals surface area contributed by atoms with E-state index in [0.717, 1.165) is 0 Å². The number of fused-ring (bicyclic) bond motifs is 3. The number of carbonyl (C=O) groups excluding carboxylic acids is 5. The highest BCUT2D eigenvalue weighted by Crippen LogP contribution is 2.54. The third kappa shape index (κ3) is 3.34. The van der Waals surface area contributed by atoms with Crippen LogP contribution in [0.1, 0.15) is 27.9 Å². The number of hydrogen-bond acceptors (Lipinski definition) is 10. The largest absolute Gasteiger partial charge is 0.507 e. The van der Waals surface area contributed by atoms with Crippen molar-refractivity contribution < 1.29 is 44.2 Å². The molecule has 0 radical (unpaired) electrons. The first-order valence-corrected chi connectivity index (χ1v) is 11.5. The molecule has 12 nitrogen and oxygen atoms in total. The number of ketones is 4. The van der Waals surface area contributed by atoms with Gasteiger partial charge in [0.2, 0.25) is 5.91 Å². The van der Waals surface area contributed by atoms with E-state index in [4.69, 9.17) is 5.73 Å². The Morgan fingerprint density at radius 1 is 1.11 bits per heavy atom. The minimum atomic E-state index is -3.05. The highest BCUT2D eigenvalue weighted by atomic mass is 16.6. The number of non-ortho nitro benzene ring substituents is 1. The number of hydrogen-bond donors (Lipinski definition) is 4. The smallest absolute Gasteiger partial charge is 0.270 e. The third-order valence-electron chi connectivity index (χ3n) is 7.64. The number of rotatable bonds is 3. The van der Waals surface area contributed by atoms with Gasteiger partial charge in [-0.1, -0.05) is 30.3 Å². The second-order valence-electron chi connectivity index (χ2n) is 9.62. The molecule has 0 saturated heterocycles. The standard InChI is InChI=1S/C26H20N2O10/c27-25(35)19-16(30)9-14-21(31)18-13(8-10-3-1-4-11(7-10)28(37)38)12-5-2-6-15(29)17(12)22(32)20(18)24(34)26(14,36)23(19)33/h1-8,14,18-21,29,31,36H,9H2,(H2,27,35). The number of carbonyl (C=O) groups is 5. The van der Waals surface area contributed by atoms with Gasteiger partial charge < -0.3 is 21.1 Å². The first kappa shape index (κ1) is 25.1. The number of phenols is 1. The lowest BCUT2D eigenvalue weighted by atomic mass is 9.51. The number of nitrogens with two attached hydrogens (primary N) is 1. The molecule has 0 aromatic heterocycles.